The zero-order chi connectivity index (χ0) is 19.5. The second-order valence-electron chi connectivity index (χ2n) is 6.13. The number of aryl methyl sites for hydroxylation is 2. The molecule has 0 saturated heterocycles. The third-order valence-corrected chi connectivity index (χ3v) is 4.94. The molecule has 0 bridgehead atoms. The monoisotopic (exact) mass is 391 g/mol. The number of thioether (sulfide) groups is 1. The van der Waals surface area contributed by atoms with Crippen LogP contribution in [-0.2, 0) is 5.75 Å². The van der Waals surface area contributed by atoms with Gasteiger partial charge in [0.05, 0.1) is 16.9 Å². The van der Waals surface area contributed by atoms with Gasteiger partial charge in [-0.2, -0.15) is 0 Å². The topological polar surface area (TPSA) is 109 Å². The molecule has 0 aliphatic carbocycles. The van der Waals surface area contributed by atoms with Crippen LogP contribution in [-0.4, -0.2) is 29.9 Å². The fraction of sp³-hybridized carbons (Fsp3) is 0.158. The molecule has 140 valence electrons. The zero-order valence-electron chi connectivity index (χ0n) is 15.3. The number of rotatable bonds is 5. The lowest BCUT2D eigenvalue weighted by Gasteiger charge is -2.09. The molecular formula is C19H17N7OS. The van der Waals surface area contributed by atoms with E-state index in [1.54, 1.807) is 18.5 Å². The highest BCUT2D eigenvalue weighted by Gasteiger charge is 2.09. The first kappa shape index (κ1) is 18.1. The van der Waals surface area contributed by atoms with Crippen LogP contribution in [0.2, 0.25) is 0 Å². The van der Waals surface area contributed by atoms with Crippen molar-refractivity contribution in [3.8, 4) is 0 Å². The van der Waals surface area contributed by atoms with Gasteiger partial charge in [0.15, 0.2) is 5.16 Å². The average Bonchev–Trinajstić information content (AvgIpc) is 2.68. The van der Waals surface area contributed by atoms with Gasteiger partial charge < -0.3 is 0 Å². The summed E-state index contributed by atoms with van der Waals surface area (Å²) in [5.74, 6) is 1.15. The number of benzene rings is 1. The first-order chi connectivity index (χ1) is 13.6. The Labute approximate surface area is 164 Å². The maximum atomic E-state index is 12.0. The molecule has 0 fully saturated rings. The second-order valence-corrected chi connectivity index (χ2v) is 7.08. The lowest BCUT2D eigenvalue weighted by molar-refractivity contribution is 0.962. The van der Waals surface area contributed by atoms with E-state index < -0.39 is 0 Å². The minimum Gasteiger partial charge on any atom is -0.294 e. The van der Waals surface area contributed by atoms with Crippen molar-refractivity contribution in [2.24, 2.45) is 0 Å². The van der Waals surface area contributed by atoms with E-state index in [0.717, 1.165) is 22.2 Å². The van der Waals surface area contributed by atoms with Gasteiger partial charge >= 0.3 is 0 Å². The van der Waals surface area contributed by atoms with E-state index in [2.05, 4.69) is 35.2 Å². The summed E-state index contributed by atoms with van der Waals surface area (Å²) in [5, 5.41) is 4.64. The van der Waals surface area contributed by atoms with E-state index in [1.807, 2.05) is 32.0 Å². The number of aromatic amines is 1. The fourth-order valence-electron chi connectivity index (χ4n) is 2.75. The predicted molar refractivity (Wildman–Crippen MR) is 109 cm³/mol. The van der Waals surface area contributed by atoms with Gasteiger partial charge in [-0.25, -0.2) is 24.9 Å². The molecule has 2 N–H and O–H groups in total. The summed E-state index contributed by atoms with van der Waals surface area (Å²) in [7, 11) is 0. The molecule has 8 nitrogen and oxygen atoms in total. The third kappa shape index (κ3) is 3.99. The van der Waals surface area contributed by atoms with Gasteiger partial charge in [0, 0.05) is 29.6 Å². The minimum atomic E-state index is -0.254. The van der Waals surface area contributed by atoms with E-state index in [9.17, 15) is 4.79 Å². The van der Waals surface area contributed by atoms with Crippen LogP contribution < -0.4 is 10.9 Å². The van der Waals surface area contributed by atoms with E-state index in [1.165, 1.54) is 17.8 Å². The molecule has 0 spiro atoms. The molecule has 9 heteroatoms. The number of hydrogen-bond donors (Lipinski definition) is 2. The quantitative estimate of drug-likeness (QED) is 0.394. The van der Waals surface area contributed by atoms with E-state index in [0.29, 0.717) is 28.5 Å². The maximum Gasteiger partial charge on any atom is 0.252 e. The number of nitrogens with one attached hydrogen (secondary N) is 2. The normalized spacial score (nSPS) is 10.9. The molecule has 0 atom stereocenters. The molecule has 0 amide bonds. The summed E-state index contributed by atoms with van der Waals surface area (Å²) >= 11 is 1.41. The zero-order valence-corrected chi connectivity index (χ0v) is 16.1. The van der Waals surface area contributed by atoms with Gasteiger partial charge in [0.25, 0.3) is 5.56 Å². The highest BCUT2D eigenvalue weighted by atomic mass is 32.2. The Morgan fingerprint density at radius 1 is 1.07 bits per heavy atom. The second kappa shape index (κ2) is 7.73. The van der Waals surface area contributed by atoms with Crippen molar-refractivity contribution in [3.63, 3.8) is 0 Å². The summed E-state index contributed by atoms with van der Waals surface area (Å²) in [5.41, 5.74) is 3.13. The highest BCUT2D eigenvalue weighted by Crippen LogP contribution is 2.21. The highest BCUT2D eigenvalue weighted by molar-refractivity contribution is 7.98. The standard InChI is InChI=1S/C19H17N7OS/c1-11-5-3-6-14-12(2)22-17(25-16(11)14)26-18-23-13(9-15(27)24-18)10-28-19-20-7-4-8-21-19/h3-9H,10H2,1-2H3,(H2,22,23,24,25,26,27). The number of anilines is 2. The van der Waals surface area contributed by atoms with E-state index in [-0.39, 0.29) is 5.56 Å². The van der Waals surface area contributed by atoms with Crippen molar-refractivity contribution in [1.29, 1.82) is 0 Å². The Hall–Kier alpha value is -3.33. The van der Waals surface area contributed by atoms with Gasteiger partial charge in [-0.05, 0) is 25.5 Å². The van der Waals surface area contributed by atoms with Gasteiger partial charge in [-0.3, -0.25) is 15.1 Å². The number of nitrogens with zero attached hydrogens (tertiary/aromatic N) is 5. The van der Waals surface area contributed by atoms with Crippen LogP contribution in [0.3, 0.4) is 0 Å². The SMILES string of the molecule is Cc1nc(Nc2nc(CSc3ncccn3)cc(=O)[nH]2)nc2c(C)cccc12. The predicted octanol–water partition coefficient (Wildman–Crippen LogP) is 3.16. The Bertz CT molecular complexity index is 1190. The number of hydrogen-bond acceptors (Lipinski definition) is 8. The number of aromatic nitrogens is 6. The molecule has 0 unspecified atom stereocenters. The van der Waals surface area contributed by atoms with Gasteiger partial charge in [0.2, 0.25) is 11.9 Å². The maximum absolute atomic E-state index is 12.0. The Balaban J connectivity index is 1.60. The summed E-state index contributed by atoms with van der Waals surface area (Å²) < 4.78 is 0. The molecule has 0 aliphatic heterocycles. The van der Waals surface area contributed by atoms with Crippen LogP contribution in [0, 0.1) is 13.8 Å². The molecule has 0 saturated carbocycles. The summed E-state index contributed by atoms with van der Waals surface area (Å²) in [6, 6.07) is 9.19. The van der Waals surface area contributed by atoms with Crippen molar-refractivity contribution in [3.05, 3.63) is 70.0 Å². The van der Waals surface area contributed by atoms with Crippen molar-refractivity contribution in [2.75, 3.05) is 5.32 Å². The van der Waals surface area contributed by atoms with Gasteiger partial charge in [0.1, 0.15) is 0 Å². The van der Waals surface area contributed by atoms with Crippen LogP contribution >= 0.6 is 11.8 Å². The number of H-pyrrole nitrogens is 1. The van der Waals surface area contributed by atoms with Crippen LogP contribution in [0.25, 0.3) is 10.9 Å². The summed E-state index contributed by atoms with van der Waals surface area (Å²) in [6.07, 6.45) is 3.35. The van der Waals surface area contributed by atoms with Crippen molar-refractivity contribution >= 4 is 34.6 Å². The summed E-state index contributed by atoms with van der Waals surface area (Å²) in [4.78, 5) is 36.5. The smallest absolute Gasteiger partial charge is 0.252 e. The largest absolute Gasteiger partial charge is 0.294 e. The lowest BCUT2D eigenvalue weighted by Crippen LogP contribution is -2.13. The average molecular weight is 391 g/mol. The first-order valence-corrected chi connectivity index (χ1v) is 9.58. The Kier molecular flexibility index (Phi) is 4.98. The fourth-order valence-corrected chi connectivity index (χ4v) is 3.45. The molecular weight excluding hydrogens is 374 g/mol. The molecule has 0 radical (unpaired) electrons. The molecule has 0 aliphatic rings. The van der Waals surface area contributed by atoms with Crippen LogP contribution in [0.1, 0.15) is 17.0 Å². The minimum absolute atomic E-state index is 0.254. The number of fused-ring (bicyclic) bond motifs is 1. The van der Waals surface area contributed by atoms with E-state index >= 15 is 0 Å². The van der Waals surface area contributed by atoms with Crippen molar-refractivity contribution in [1.82, 2.24) is 29.9 Å². The molecule has 4 aromatic rings. The molecule has 1 aromatic carbocycles. The van der Waals surface area contributed by atoms with Crippen LogP contribution in [0.15, 0.2) is 52.7 Å². The van der Waals surface area contributed by atoms with E-state index in [4.69, 9.17) is 0 Å². The Morgan fingerprint density at radius 2 is 1.89 bits per heavy atom. The summed E-state index contributed by atoms with van der Waals surface area (Å²) in [6.45, 7) is 3.93. The third-order valence-electron chi connectivity index (χ3n) is 4.04. The van der Waals surface area contributed by atoms with Gasteiger partial charge in [-0.1, -0.05) is 30.0 Å². The van der Waals surface area contributed by atoms with Crippen LogP contribution in [0.4, 0.5) is 11.9 Å². The van der Waals surface area contributed by atoms with Gasteiger partial charge in [-0.15, -0.1) is 0 Å². The molecule has 28 heavy (non-hydrogen) atoms. The van der Waals surface area contributed by atoms with Crippen molar-refractivity contribution < 1.29 is 0 Å². The molecule has 3 heterocycles. The molecule has 4 rings (SSSR count). The molecule has 3 aromatic heterocycles. The first-order valence-electron chi connectivity index (χ1n) is 8.59. The lowest BCUT2D eigenvalue weighted by atomic mass is 10.1. The van der Waals surface area contributed by atoms with Crippen LogP contribution in [0.5, 0.6) is 0 Å². The van der Waals surface area contributed by atoms with Crippen molar-refractivity contribution in [2.45, 2.75) is 24.8 Å². The number of para-hydroxylation sites is 1. The Morgan fingerprint density at radius 3 is 2.71 bits per heavy atom.